The van der Waals surface area contributed by atoms with Gasteiger partial charge < -0.3 is 9.84 Å². The lowest BCUT2D eigenvalue weighted by atomic mass is 10.0. The Morgan fingerprint density at radius 2 is 2.11 bits per heavy atom. The molecule has 0 amide bonds. The number of likely N-dealkylation sites (tertiary alicyclic amines) is 1. The number of ether oxygens (including phenoxy) is 1. The van der Waals surface area contributed by atoms with Crippen molar-refractivity contribution < 1.29 is 14.6 Å². The Morgan fingerprint density at radius 3 is 2.78 bits per heavy atom. The van der Waals surface area contributed by atoms with Crippen LogP contribution in [0.15, 0.2) is 24.3 Å². The molecule has 0 saturated carbocycles. The van der Waals surface area contributed by atoms with E-state index < -0.39 is 0 Å². The van der Waals surface area contributed by atoms with Gasteiger partial charge in [0.2, 0.25) is 0 Å². The summed E-state index contributed by atoms with van der Waals surface area (Å²) in [5, 5.41) is 9.25. The van der Waals surface area contributed by atoms with Gasteiger partial charge in [-0.3, -0.25) is 9.69 Å². The summed E-state index contributed by atoms with van der Waals surface area (Å²) in [5.41, 5.74) is 1.10. The van der Waals surface area contributed by atoms with Crippen LogP contribution in [0.3, 0.4) is 0 Å². The van der Waals surface area contributed by atoms with Crippen molar-refractivity contribution in [3.63, 3.8) is 0 Å². The molecule has 1 unspecified atom stereocenters. The van der Waals surface area contributed by atoms with Crippen molar-refractivity contribution in [1.82, 2.24) is 4.90 Å². The summed E-state index contributed by atoms with van der Waals surface area (Å²) in [4.78, 5) is 13.9. The summed E-state index contributed by atoms with van der Waals surface area (Å²) in [6, 6.07) is 6.99. The molecule has 0 spiro atoms. The van der Waals surface area contributed by atoms with E-state index >= 15 is 0 Å². The number of carbonyl (C=O) groups is 1. The number of rotatable bonds is 3. The van der Waals surface area contributed by atoms with Crippen LogP contribution >= 0.6 is 0 Å². The van der Waals surface area contributed by atoms with Gasteiger partial charge in [0.05, 0.1) is 7.11 Å². The second kappa shape index (κ2) is 5.87. The van der Waals surface area contributed by atoms with E-state index in [0.717, 1.165) is 37.9 Å². The third-order valence-electron chi connectivity index (χ3n) is 3.41. The first-order valence-electron chi connectivity index (χ1n) is 6.30. The van der Waals surface area contributed by atoms with E-state index in [1.54, 1.807) is 12.1 Å². The van der Waals surface area contributed by atoms with Crippen molar-refractivity contribution in [1.29, 1.82) is 0 Å². The van der Waals surface area contributed by atoms with Gasteiger partial charge in [-0.25, -0.2) is 0 Å². The summed E-state index contributed by atoms with van der Waals surface area (Å²) in [6.45, 7) is 1.64. The van der Waals surface area contributed by atoms with Crippen LogP contribution < -0.4 is 0 Å². The van der Waals surface area contributed by atoms with E-state index in [1.807, 2.05) is 12.1 Å². The number of methoxy groups -OCH3 is 1. The summed E-state index contributed by atoms with van der Waals surface area (Å²) in [5.74, 6) is 0.121. The topological polar surface area (TPSA) is 49.8 Å². The maximum absolute atomic E-state index is 11.7. The molecule has 1 fully saturated rings. The van der Waals surface area contributed by atoms with Gasteiger partial charge in [-0.05, 0) is 37.1 Å². The van der Waals surface area contributed by atoms with Crippen molar-refractivity contribution in [3.8, 4) is 5.75 Å². The van der Waals surface area contributed by atoms with Crippen molar-refractivity contribution in [3.05, 3.63) is 29.8 Å². The lowest BCUT2D eigenvalue weighted by Gasteiger charge is -2.33. The second-order valence-corrected chi connectivity index (χ2v) is 4.67. The summed E-state index contributed by atoms with van der Waals surface area (Å²) >= 11 is 0. The molecule has 1 aliphatic heterocycles. The summed E-state index contributed by atoms with van der Waals surface area (Å²) in [7, 11) is 1.44. The van der Waals surface area contributed by atoms with E-state index in [1.165, 1.54) is 7.11 Å². The summed E-state index contributed by atoms with van der Waals surface area (Å²) < 4.78 is 4.86. The molecule has 18 heavy (non-hydrogen) atoms. The van der Waals surface area contributed by atoms with Crippen LogP contribution in [0.2, 0.25) is 0 Å². The zero-order valence-electron chi connectivity index (χ0n) is 10.6. The van der Waals surface area contributed by atoms with Gasteiger partial charge in [0, 0.05) is 6.54 Å². The molecular formula is C14H19NO3. The number of hydrogen-bond donors (Lipinski definition) is 1. The molecule has 2 rings (SSSR count). The first kappa shape index (κ1) is 12.9. The first-order chi connectivity index (χ1) is 8.70. The first-order valence-corrected chi connectivity index (χ1v) is 6.30. The molecule has 1 aromatic carbocycles. The van der Waals surface area contributed by atoms with Crippen molar-refractivity contribution >= 4 is 5.97 Å². The van der Waals surface area contributed by atoms with Gasteiger partial charge in [-0.1, -0.05) is 18.6 Å². The molecule has 0 aromatic heterocycles. The molecule has 4 nitrogen and oxygen atoms in total. The Hall–Kier alpha value is -1.55. The lowest BCUT2D eigenvalue weighted by molar-refractivity contribution is -0.148. The fourth-order valence-corrected chi connectivity index (χ4v) is 2.42. The second-order valence-electron chi connectivity index (χ2n) is 4.67. The SMILES string of the molecule is COC(=O)C1CCCCN1Cc1ccc(O)cc1. The maximum atomic E-state index is 11.7. The molecular weight excluding hydrogens is 230 g/mol. The highest BCUT2D eigenvalue weighted by molar-refractivity contribution is 5.75. The fraction of sp³-hybridized carbons (Fsp3) is 0.500. The van der Waals surface area contributed by atoms with Gasteiger partial charge in [0.1, 0.15) is 11.8 Å². The number of piperidine rings is 1. The number of benzene rings is 1. The predicted octanol–water partition coefficient (Wildman–Crippen LogP) is 1.92. The molecule has 98 valence electrons. The Balaban J connectivity index is 2.05. The van der Waals surface area contributed by atoms with Gasteiger partial charge in [-0.15, -0.1) is 0 Å². The van der Waals surface area contributed by atoms with Crippen molar-refractivity contribution in [2.24, 2.45) is 0 Å². The Bertz CT molecular complexity index is 402. The quantitative estimate of drug-likeness (QED) is 0.831. The average Bonchev–Trinajstić information content (AvgIpc) is 2.41. The minimum Gasteiger partial charge on any atom is -0.508 e. The third-order valence-corrected chi connectivity index (χ3v) is 3.41. The Labute approximate surface area is 107 Å². The van der Waals surface area contributed by atoms with E-state index in [4.69, 9.17) is 4.74 Å². The monoisotopic (exact) mass is 249 g/mol. The molecule has 1 aliphatic rings. The van der Waals surface area contributed by atoms with Gasteiger partial charge >= 0.3 is 5.97 Å². The molecule has 0 radical (unpaired) electrons. The molecule has 0 bridgehead atoms. The zero-order chi connectivity index (χ0) is 13.0. The highest BCUT2D eigenvalue weighted by atomic mass is 16.5. The normalized spacial score (nSPS) is 20.6. The number of hydrogen-bond acceptors (Lipinski definition) is 4. The summed E-state index contributed by atoms with van der Waals surface area (Å²) in [6.07, 6.45) is 3.06. The molecule has 1 heterocycles. The molecule has 4 heteroatoms. The van der Waals surface area contributed by atoms with E-state index in [2.05, 4.69) is 4.90 Å². The van der Waals surface area contributed by atoms with Crippen LogP contribution in [0.25, 0.3) is 0 Å². The standard InChI is InChI=1S/C14H19NO3/c1-18-14(17)13-4-2-3-9-15(13)10-11-5-7-12(16)8-6-11/h5-8,13,16H,2-4,9-10H2,1H3. The fourth-order valence-electron chi connectivity index (χ4n) is 2.42. The van der Waals surface area contributed by atoms with Gasteiger partial charge in [-0.2, -0.15) is 0 Å². The molecule has 0 aliphatic carbocycles. The van der Waals surface area contributed by atoms with Crippen LogP contribution in [0, 0.1) is 0 Å². The van der Waals surface area contributed by atoms with E-state index in [0.29, 0.717) is 0 Å². The molecule has 1 saturated heterocycles. The molecule has 1 atom stereocenters. The number of phenols is 1. The smallest absolute Gasteiger partial charge is 0.323 e. The minimum absolute atomic E-state index is 0.127. The molecule has 1 aromatic rings. The van der Waals surface area contributed by atoms with E-state index in [9.17, 15) is 9.90 Å². The highest BCUT2D eigenvalue weighted by Crippen LogP contribution is 2.21. The Morgan fingerprint density at radius 1 is 1.39 bits per heavy atom. The largest absolute Gasteiger partial charge is 0.508 e. The van der Waals surface area contributed by atoms with Gasteiger partial charge in [0.15, 0.2) is 0 Å². The Kier molecular flexibility index (Phi) is 4.20. The lowest BCUT2D eigenvalue weighted by Crippen LogP contribution is -2.44. The highest BCUT2D eigenvalue weighted by Gasteiger charge is 2.29. The predicted molar refractivity (Wildman–Crippen MR) is 68.2 cm³/mol. The van der Waals surface area contributed by atoms with Crippen LogP contribution in [0.5, 0.6) is 5.75 Å². The number of carbonyl (C=O) groups excluding carboxylic acids is 1. The maximum Gasteiger partial charge on any atom is 0.323 e. The van der Waals surface area contributed by atoms with E-state index in [-0.39, 0.29) is 17.8 Å². The average molecular weight is 249 g/mol. The van der Waals surface area contributed by atoms with Crippen molar-refractivity contribution in [2.75, 3.05) is 13.7 Å². The van der Waals surface area contributed by atoms with Crippen LogP contribution in [-0.4, -0.2) is 35.7 Å². The van der Waals surface area contributed by atoms with Crippen LogP contribution in [0.4, 0.5) is 0 Å². The zero-order valence-corrected chi connectivity index (χ0v) is 10.6. The van der Waals surface area contributed by atoms with Crippen molar-refractivity contribution in [2.45, 2.75) is 31.8 Å². The number of aromatic hydroxyl groups is 1. The van der Waals surface area contributed by atoms with Crippen LogP contribution in [0.1, 0.15) is 24.8 Å². The number of phenolic OH excluding ortho intramolecular Hbond substituents is 1. The number of esters is 1. The van der Waals surface area contributed by atoms with Gasteiger partial charge in [0.25, 0.3) is 0 Å². The molecule has 1 N–H and O–H groups in total. The minimum atomic E-state index is -0.145. The van der Waals surface area contributed by atoms with Crippen LogP contribution in [-0.2, 0) is 16.1 Å². The number of nitrogens with zero attached hydrogens (tertiary/aromatic N) is 1. The third kappa shape index (κ3) is 3.01.